The van der Waals surface area contributed by atoms with Gasteiger partial charge in [-0.05, 0) is 161 Å². The molecule has 0 aliphatic rings. The van der Waals surface area contributed by atoms with Gasteiger partial charge in [0.25, 0.3) is 0 Å². The van der Waals surface area contributed by atoms with Gasteiger partial charge in [0, 0.05) is 19.3 Å². The highest BCUT2D eigenvalue weighted by Crippen LogP contribution is 2.45. The maximum Gasteiger partial charge on any atom is 0.472 e. The van der Waals surface area contributed by atoms with E-state index in [0.717, 1.165) is 225 Å². The Balaban J connectivity index is 4.72. The first-order valence-electron chi connectivity index (χ1n) is 41.7. The molecule has 4 N–H and O–H groups in total. The van der Waals surface area contributed by atoms with E-state index in [2.05, 4.69) is 215 Å². The first-order chi connectivity index (χ1) is 53.2. The van der Waals surface area contributed by atoms with Crippen LogP contribution in [0.15, 0.2) is 194 Å². The highest BCUT2D eigenvalue weighted by Gasteiger charge is 2.29. The molecule has 618 valence electrons. The SMILES string of the molecule is CC/C=C\C/C=C\C/C=C\C/C=C\C/C=C\C/C=C\CCCCCCCCCCC(=O)OCC(O)COP(=O)(O)OCC(O)COP(=O)(O)OCC(COC(=O)CCCCCCCCC/C=C\C/C=C\C/C=C\C/C=C\C/C=C\CC)OC(=O)CCCCCCCCC/C=C\C/C=C\C/C=C\C/C=C\C/C=C\CC. The van der Waals surface area contributed by atoms with Crippen molar-refractivity contribution in [2.45, 2.75) is 322 Å². The number of hydrogen-bond acceptors (Lipinski definition) is 14. The number of carbonyl (C=O) groups is 3. The molecule has 0 aromatic heterocycles. The molecule has 18 heteroatoms. The molecule has 5 unspecified atom stereocenters. The van der Waals surface area contributed by atoms with Gasteiger partial charge >= 0.3 is 33.6 Å². The smallest absolute Gasteiger partial charge is 0.463 e. The van der Waals surface area contributed by atoms with Gasteiger partial charge in [0.1, 0.15) is 25.4 Å². The normalized spacial score (nSPS) is 14.9. The summed E-state index contributed by atoms with van der Waals surface area (Å²) in [6.07, 6.45) is 107. The van der Waals surface area contributed by atoms with Crippen LogP contribution in [0.3, 0.4) is 0 Å². The second-order valence-corrected chi connectivity index (χ2v) is 30.0. The zero-order valence-corrected chi connectivity index (χ0v) is 69.4. The molecule has 0 fully saturated rings. The summed E-state index contributed by atoms with van der Waals surface area (Å²) >= 11 is 0. The van der Waals surface area contributed by atoms with E-state index in [0.29, 0.717) is 19.3 Å². The van der Waals surface area contributed by atoms with Crippen LogP contribution in [0.5, 0.6) is 0 Å². The Morgan fingerprint density at radius 2 is 0.459 bits per heavy atom. The van der Waals surface area contributed by atoms with Crippen LogP contribution in [0.2, 0.25) is 0 Å². The van der Waals surface area contributed by atoms with Gasteiger partial charge in [-0.3, -0.25) is 32.5 Å². The van der Waals surface area contributed by atoms with Gasteiger partial charge in [-0.25, -0.2) is 9.13 Å². The van der Waals surface area contributed by atoms with Crippen LogP contribution in [0.1, 0.15) is 303 Å². The number of esters is 3. The number of phosphoric acid groups is 2. The van der Waals surface area contributed by atoms with Crippen molar-refractivity contribution in [1.82, 2.24) is 0 Å². The minimum Gasteiger partial charge on any atom is -0.463 e. The lowest BCUT2D eigenvalue weighted by molar-refractivity contribution is -0.161. The summed E-state index contributed by atoms with van der Waals surface area (Å²) in [4.78, 5) is 58.9. The maximum absolute atomic E-state index is 13.0. The Morgan fingerprint density at radius 1 is 0.257 bits per heavy atom. The third-order valence-electron chi connectivity index (χ3n) is 16.8. The summed E-state index contributed by atoms with van der Waals surface area (Å²) < 4.78 is 61.3. The molecule has 109 heavy (non-hydrogen) atoms. The molecule has 0 bridgehead atoms. The van der Waals surface area contributed by atoms with Crippen LogP contribution in [-0.2, 0) is 55.8 Å². The summed E-state index contributed by atoms with van der Waals surface area (Å²) in [6, 6.07) is 0. The van der Waals surface area contributed by atoms with E-state index in [-0.39, 0.29) is 19.3 Å². The molecule has 0 spiro atoms. The third kappa shape index (κ3) is 83.2. The highest BCUT2D eigenvalue weighted by molar-refractivity contribution is 7.47. The van der Waals surface area contributed by atoms with Gasteiger partial charge < -0.3 is 34.2 Å². The molecule has 0 saturated heterocycles. The van der Waals surface area contributed by atoms with Gasteiger partial charge in [0.15, 0.2) is 6.10 Å². The van der Waals surface area contributed by atoms with Gasteiger partial charge in [-0.15, -0.1) is 0 Å². The van der Waals surface area contributed by atoms with Crippen molar-refractivity contribution in [3.63, 3.8) is 0 Å². The zero-order chi connectivity index (χ0) is 79.4. The van der Waals surface area contributed by atoms with E-state index < -0.39 is 91.5 Å². The lowest BCUT2D eigenvalue weighted by Gasteiger charge is -2.21. The van der Waals surface area contributed by atoms with E-state index in [1.807, 2.05) is 0 Å². The number of hydrogen-bond donors (Lipinski definition) is 4. The maximum atomic E-state index is 13.0. The number of aliphatic hydroxyl groups is 2. The molecule has 0 heterocycles. The second-order valence-electron chi connectivity index (χ2n) is 27.1. The van der Waals surface area contributed by atoms with E-state index in [1.54, 1.807) is 0 Å². The Morgan fingerprint density at radius 3 is 0.725 bits per heavy atom. The molecule has 0 rings (SSSR count). The Bertz CT molecular complexity index is 2760. The fourth-order valence-electron chi connectivity index (χ4n) is 10.6. The Hall–Kier alpha value is -5.61. The minimum atomic E-state index is -4.95. The number of carbonyl (C=O) groups excluding carboxylic acids is 3. The number of phosphoric ester groups is 2. The second kappa shape index (κ2) is 81.9. The minimum absolute atomic E-state index is 0.0809. The molecular formula is C91H148O16P2. The van der Waals surface area contributed by atoms with Crippen LogP contribution in [0, 0.1) is 0 Å². The Labute approximate surface area is 661 Å². The monoisotopic (exact) mass is 1560 g/mol. The largest absolute Gasteiger partial charge is 0.472 e. The fourth-order valence-corrected chi connectivity index (χ4v) is 12.2. The number of ether oxygens (including phenoxy) is 3. The van der Waals surface area contributed by atoms with Crippen molar-refractivity contribution in [2.24, 2.45) is 0 Å². The lowest BCUT2D eigenvalue weighted by atomic mass is 10.1. The van der Waals surface area contributed by atoms with E-state index in [1.165, 1.54) is 19.3 Å². The van der Waals surface area contributed by atoms with Gasteiger partial charge in [0.2, 0.25) is 0 Å². The molecule has 0 radical (unpaired) electrons. The van der Waals surface area contributed by atoms with Crippen molar-refractivity contribution in [3.8, 4) is 0 Å². The van der Waals surface area contributed by atoms with Crippen molar-refractivity contribution < 1.29 is 75.8 Å². The number of aliphatic hydroxyl groups excluding tert-OH is 2. The summed E-state index contributed by atoms with van der Waals surface area (Å²) in [5, 5.41) is 20.7. The number of unbranched alkanes of at least 4 members (excludes halogenated alkanes) is 22. The van der Waals surface area contributed by atoms with Crippen molar-refractivity contribution >= 4 is 33.6 Å². The fraction of sp³-hybridized carbons (Fsp3) is 0.615. The van der Waals surface area contributed by atoms with Crippen molar-refractivity contribution in [3.05, 3.63) is 194 Å². The van der Waals surface area contributed by atoms with Crippen LogP contribution < -0.4 is 0 Å². The molecular weight excluding hydrogens is 1410 g/mol. The highest BCUT2D eigenvalue weighted by atomic mass is 31.2. The predicted molar refractivity (Wildman–Crippen MR) is 454 cm³/mol. The molecule has 0 aromatic carbocycles. The van der Waals surface area contributed by atoms with Gasteiger partial charge in [-0.2, -0.15) is 0 Å². The van der Waals surface area contributed by atoms with E-state index in [9.17, 15) is 43.5 Å². The Kier molecular flexibility index (Phi) is 77.7. The molecule has 0 aromatic rings. The molecule has 0 aliphatic heterocycles. The number of rotatable bonds is 77. The van der Waals surface area contributed by atoms with Crippen LogP contribution in [0.4, 0.5) is 0 Å². The van der Waals surface area contributed by atoms with Crippen LogP contribution in [-0.4, -0.2) is 95.9 Å². The molecule has 16 nitrogen and oxygen atoms in total. The average molecular weight is 1560 g/mol. The van der Waals surface area contributed by atoms with Crippen LogP contribution >= 0.6 is 15.6 Å². The topological polar surface area (TPSA) is 231 Å². The molecule has 0 aliphatic carbocycles. The van der Waals surface area contributed by atoms with Crippen molar-refractivity contribution in [1.29, 1.82) is 0 Å². The van der Waals surface area contributed by atoms with Gasteiger partial charge in [0.05, 0.1) is 26.4 Å². The lowest BCUT2D eigenvalue weighted by Crippen LogP contribution is -2.30. The predicted octanol–water partition coefficient (Wildman–Crippen LogP) is 25.1. The first kappa shape index (κ1) is 103. The van der Waals surface area contributed by atoms with E-state index in [4.69, 9.17) is 32.3 Å². The van der Waals surface area contributed by atoms with E-state index >= 15 is 0 Å². The summed E-state index contributed by atoms with van der Waals surface area (Å²) in [5.74, 6) is -1.62. The summed E-state index contributed by atoms with van der Waals surface area (Å²) in [6.45, 7) is 2.30. The summed E-state index contributed by atoms with van der Waals surface area (Å²) in [7, 11) is -9.82. The summed E-state index contributed by atoms with van der Waals surface area (Å²) in [5.41, 5.74) is 0. The third-order valence-corrected chi connectivity index (χ3v) is 18.7. The van der Waals surface area contributed by atoms with Crippen molar-refractivity contribution in [2.75, 3.05) is 39.6 Å². The number of allylic oxidation sites excluding steroid dienone is 32. The standard InChI is InChI=1S/C91H148O16P2/c1-4-7-10-13-16-19-22-25-28-31-34-37-40-41-42-43-46-48-50-53-56-59-62-65-68-71-74-77-89(94)101-80-86(92)81-103-108(97,98)104-82-87(93)83-105-109(99,100)106-85-88(107-91(96)79-76-73-70-67-64-61-58-55-52-49-45-39-36-33-30-27-24-21-18-15-12-9-6-3)84-102-90(95)78-75-72-69-66-63-60-57-54-51-47-44-38-35-32-29-26-23-20-17-14-11-8-5-2/h7-12,16-21,25-30,34-39,41-42,46-49,51-52,86-88,92-93H,4-6,13-15,22-24,31-33,40,43-45,50,53-85H2,1-3H3,(H,97,98)(H,99,100)/b10-7-,11-8-,12-9-,19-16-,20-17-,21-18-,28-25-,29-26-,30-27-,37-34-,38-35-,39-36-,42-41-,48-46-,51-47-,52-49-. The molecule has 5 atom stereocenters. The van der Waals surface area contributed by atoms with Gasteiger partial charge in [-0.1, -0.05) is 318 Å². The average Bonchev–Trinajstić information content (AvgIpc) is 0.904. The van der Waals surface area contributed by atoms with Crippen LogP contribution in [0.25, 0.3) is 0 Å². The molecule has 0 saturated carbocycles. The first-order valence-corrected chi connectivity index (χ1v) is 44.7. The zero-order valence-electron chi connectivity index (χ0n) is 67.6. The molecule has 0 amide bonds. The quantitative estimate of drug-likeness (QED) is 0.0146.